The number of nitrogen functional groups attached to an aromatic ring is 1. The van der Waals surface area contributed by atoms with E-state index in [4.69, 9.17) is 28.9 Å². The maximum Gasteiger partial charge on any atom is 0.269 e. The van der Waals surface area contributed by atoms with E-state index in [1.807, 2.05) is 0 Å². The van der Waals surface area contributed by atoms with Gasteiger partial charge in [-0.1, -0.05) is 23.2 Å². The second kappa shape index (κ2) is 6.47. The van der Waals surface area contributed by atoms with E-state index in [-0.39, 0.29) is 11.3 Å². The first-order chi connectivity index (χ1) is 9.97. The highest BCUT2D eigenvalue weighted by Crippen LogP contribution is 2.19. The van der Waals surface area contributed by atoms with Crippen molar-refractivity contribution in [3.8, 4) is 0 Å². The molecule has 7 heteroatoms. The lowest BCUT2D eigenvalue weighted by molar-refractivity contribution is 0.0846. The Kier molecular flexibility index (Phi) is 4.67. The lowest BCUT2D eigenvalue weighted by Gasteiger charge is -2.08. The summed E-state index contributed by atoms with van der Waals surface area (Å²) in [6.07, 6.45) is 0. The summed E-state index contributed by atoms with van der Waals surface area (Å²) in [7, 11) is 0. The van der Waals surface area contributed by atoms with Crippen molar-refractivity contribution in [2.45, 2.75) is 0 Å². The van der Waals surface area contributed by atoms with Crippen LogP contribution >= 0.6 is 23.2 Å². The van der Waals surface area contributed by atoms with Crippen LogP contribution in [-0.4, -0.2) is 11.8 Å². The van der Waals surface area contributed by atoms with Gasteiger partial charge in [-0.15, -0.1) is 0 Å². The second-order valence-corrected chi connectivity index (χ2v) is 5.00. The Bertz CT molecular complexity index is 687. The van der Waals surface area contributed by atoms with Crippen molar-refractivity contribution in [1.29, 1.82) is 0 Å². The van der Waals surface area contributed by atoms with E-state index >= 15 is 0 Å². The molecule has 0 fully saturated rings. The normalized spacial score (nSPS) is 10.0. The molecule has 0 bridgehead atoms. The molecule has 0 radical (unpaired) electrons. The van der Waals surface area contributed by atoms with Crippen LogP contribution in [-0.2, 0) is 0 Å². The van der Waals surface area contributed by atoms with Gasteiger partial charge in [0.25, 0.3) is 11.8 Å². The third-order valence-corrected chi connectivity index (χ3v) is 3.25. The highest BCUT2D eigenvalue weighted by atomic mass is 35.5. The van der Waals surface area contributed by atoms with Crippen LogP contribution in [0.2, 0.25) is 10.0 Å². The van der Waals surface area contributed by atoms with Crippen LogP contribution in [0, 0.1) is 0 Å². The van der Waals surface area contributed by atoms with Crippen LogP contribution < -0.4 is 16.6 Å². The Morgan fingerprint density at radius 3 is 1.95 bits per heavy atom. The van der Waals surface area contributed by atoms with Crippen LogP contribution in [0.3, 0.4) is 0 Å². The highest BCUT2D eigenvalue weighted by molar-refractivity contribution is 6.33. The number of amides is 2. The first-order valence-electron chi connectivity index (χ1n) is 5.88. The molecule has 0 atom stereocenters. The number of hydrazine groups is 1. The third kappa shape index (κ3) is 3.87. The lowest BCUT2D eigenvalue weighted by atomic mass is 10.2. The molecular formula is C14H11Cl2N3O2. The van der Waals surface area contributed by atoms with Crippen molar-refractivity contribution in [3.63, 3.8) is 0 Å². The van der Waals surface area contributed by atoms with Crippen molar-refractivity contribution in [3.05, 3.63) is 63.6 Å². The van der Waals surface area contributed by atoms with Gasteiger partial charge in [0.05, 0.1) is 10.7 Å². The van der Waals surface area contributed by atoms with Gasteiger partial charge in [0.15, 0.2) is 0 Å². The Morgan fingerprint density at radius 1 is 0.857 bits per heavy atom. The van der Waals surface area contributed by atoms with E-state index in [0.29, 0.717) is 15.6 Å². The smallest absolute Gasteiger partial charge is 0.269 e. The second-order valence-electron chi connectivity index (χ2n) is 4.15. The molecule has 2 aromatic rings. The average Bonchev–Trinajstić information content (AvgIpc) is 2.48. The number of nitrogens with two attached hydrogens (primary N) is 1. The monoisotopic (exact) mass is 323 g/mol. The van der Waals surface area contributed by atoms with Crippen molar-refractivity contribution in [1.82, 2.24) is 10.9 Å². The molecule has 0 heterocycles. The molecule has 5 nitrogen and oxygen atoms in total. The fourth-order valence-electron chi connectivity index (χ4n) is 1.54. The molecule has 2 amide bonds. The van der Waals surface area contributed by atoms with Crippen LogP contribution in [0.1, 0.15) is 20.7 Å². The van der Waals surface area contributed by atoms with Gasteiger partial charge in [-0.05, 0) is 42.5 Å². The van der Waals surface area contributed by atoms with Gasteiger partial charge in [-0.25, -0.2) is 0 Å². The molecule has 0 saturated carbocycles. The van der Waals surface area contributed by atoms with E-state index in [9.17, 15) is 9.59 Å². The van der Waals surface area contributed by atoms with Crippen molar-refractivity contribution < 1.29 is 9.59 Å². The summed E-state index contributed by atoms with van der Waals surface area (Å²) < 4.78 is 0. The average molecular weight is 324 g/mol. The number of anilines is 1. The maximum atomic E-state index is 11.9. The standard InChI is InChI=1S/C14H11Cl2N3O2/c15-10-4-1-8(2-5-10)13(20)18-19-14(21)9-3-6-11(16)12(17)7-9/h1-7H,17H2,(H,18,20)(H,19,21). The molecule has 0 spiro atoms. The number of nitrogens with one attached hydrogen (secondary N) is 2. The van der Waals surface area contributed by atoms with Crippen molar-refractivity contribution >= 4 is 40.7 Å². The molecule has 0 aliphatic rings. The molecule has 0 unspecified atom stereocenters. The number of carbonyl (C=O) groups excluding carboxylic acids is 2. The van der Waals surface area contributed by atoms with E-state index < -0.39 is 11.8 Å². The minimum atomic E-state index is -0.499. The largest absolute Gasteiger partial charge is 0.398 e. The van der Waals surface area contributed by atoms with Crippen molar-refractivity contribution in [2.75, 3.05) is 5.73 Å². The van der Waals surface area contributed by atoms with Gasteiger partial charge < -0.3 is 5.73 Å². The topological polar surface area (TPSA) is 84.2 Å². The molecular weight excluding hydrogens is 313 g/mol. The quantitative estimate of drug-likeness (QED) is 0.586. The van der Waals surface area contributed by atoms with Gasteiger partial charge in [-0.3, -0.25) is 20.4 Å². The maximum absolute atomic E-state index is 11.9. The molecule has 0 aliphatic heterocycles. The molecule has 0 aliphatic carbocycles. The Balaban J connectivity index is 1.98. The number of hydrogen-bond donors (Lipinski definition) is 3. The number of carbonyl (C=O) groups is 2. The van der Waals surface area contributed by atoms with Crippen LogP contribution in [0.25, 0.3) is 0 Å². The predicted molar refractivity (Wildman–Crippen MR) is 82.2 cm³/mol. The highest BCUT2D eigenvalue weighted by Gasteiger charge is 2.10. The summed E-state index contributed by atoms with van der Waals surface area (Å²) in [4.78, 5) is 23.7. The molecule has 4 N–H and O–H groups in total. The molecule has 108 valence electrons. The predicted octanol–water partition coefficient (Wildman–Crippen LogP) is 2.65. The Hall–Kier alpha value is -2.24. The van der Waals surface area contributed by atoms with E-state index in [0.717, 1.165) is 0 Å². The van der Waals surface area contributed by atoms with E-state index in [1.165, 1.54) is 18.2 Å². The SMILES string of the molecule is Nc1cc(C(=O)NNC(=O)c2ccc(Cl)cc2)ccc1Cl. The first kappa shape index (κ1) is 15.2. The third-order valence-electron chi connectivity index (χ3n) is 2.65. The summed E-state index contributed by atoms with van der Waals surface area (Å²) in [5, 5.41) is 0.879. The van der Waals surface area contributed by atoms with Gasteiger partial charge in [-0.2, -0.15) is 0 Å². The molecule has 0 saturated heterocycles. The summed E-state index contributed by atoms with van der Waals surface area (Å²) in [6.45, 7) is 0. The van der Waals surface area contributed by atoms with Gasteiger partial charge in [0.2, 0.25) is 0 Å². The molecule has 2 aromatic carbocycles. The van der Waals surface area contributed by atoms with Gasteiger partial charge in [0.1, 0.15) is 0 Å². The Labute approximate surface area is 131 Å². The molecule has 21 heavy (non-hydrogen) atoms. The summed E-state index contributed by atoms with van der Waals surface area (Å²) in [6, 6.07) is 10.7. The van der Waals surface area contributed by atoms with Crippen LogP contribution in [0.4, 0.5) is 5.69 Å². The number of benzene rings is 2. The van der Waals surface area contributed by atoms with Crippen LogP contribution in [0.5, 0.6) is 0 Å². The number of halogens is 2. The first-order valence-corrected chi connectivity index (χ1v) is 6.64. The van der Waals surface area contributed by atoms with E-state index in [2.05, 4.69) is 10.9 Å². The summed E-state index contributed by atoms with van der Waals surface area (Å²) >= 11 is 11.5. The fraction of sp³-hybridized carbons (Fsp3) is 0. The minimum absolute atomic E-state index is 0.285. The number of rotatable bonds is 2. The minimum Gasteiger partial charge on any atom is -0.398 e. The van der Waals surface area contributed by atoms with E-state index in [1.54, 1.807) is 24.3 Å². The molecule has 2 rings (SSSR count). The number of hydrogen-bond acceptors (Lipinski definition) is 3. The zero-order valence-electron chi connectivity index (χ0n) is 10.7. The summed E-state index contributed by atoms with van der Waals surface area (Å²) in [5.41, 5.74) is 11.1. The van der Waals surface area contributed by atoms with Gasteiger partial charge >= 0.3 is 0 Å². The zero-order valence-corrected chi connectivity index (χ0v) is 12.2. The molecule has 0 aromatic heterocycles. The fourth-order valence-corrected chi connectivity index (χ4v) is 1.79. The lowest BCUT2D eigenvalue weighted by Crippen LogP contribution is -2.41. The zero-order chi connectivity index (χ0) is 15.4. The summed E-state index contributed by atoms with van der Waals surface area (Å²) in [5.74, 6) is -0.956. The Morgan fingerprint density at radius 2 is 1.38 bits per heavy atom. The van der Waals surface area contributed by atoms with Crippen molar-refractivity contribution in [2.24, 2.45) is 0 Å². The van der Waals surface area contributed by atoms with Gasteiger partial charge in [0, 0.05) is 16.1 Å². The van der Waals surface area contributed by atoms with Crippen LogP contribution in [0.15, 0.2) is 42.5 Å².